The van der Waals surface area contributed by atoms with Gasteiger partial charge in [-0.3, -0.25) is 0 Å². The van der Waals surface area contributed by atoms with E-state index in [4.69, 9.17) is 35.2 Å². The van der Waals surface area contributed by atoms with Crippen molar-refractivity contribution in [2.45, 2.75) is 30.7 Å². The summed E-state index contributed by atoms with van der Waals surface area (Å²) in [6.07, 6.45) is -1.37. The molecule has 1 aliphatic rings. The maximum atomic E-state index is 9.76. The quantitative estimate of drug-likeness (QED) is 0.223. The Hall–Kier alpha value is -0.800. The molecule has 1 rings (SSSR count). The van der Waals surface area contributed by atoms with Crippen LogP contribution in [-0.2, 0) is 23.7 Å². The first-order chi connectivity index (χ1) is 11.6. The van der Waals surface area contributed by atoms with E-state index in [1.165, 1.54) is 0 Å². The van der Waals surface area contributed by atoms with E-state index >= 15 is 0 Å². The Morgan fingerprint density at radius 1 is 0.833 bits per heavy atom. The minimum absolute atomic E-state index is 0.105. The van der Waals surface area contributed by atoms with E-state index in [1.54, 1.807) is 0 Å². The van der Waals surface area contributed by atoms with E-state index in [0.29, 0.717) is 26.4 Å². The highest BCUT2D eigenvalue weighted by Crippen LogP contribution is 2.21. The predicted molar refractivity (Wildman–Crippen MR) is 81.0 cm³/mol. The van der Waals surface area contributed by atoms with Crippen molar-refractivity contribution in [3.63, 3.8) is 0 Å². The van der Waals surface area contributed by atoms with Crippen LogP contribution < -0.4 is 0 Å². The Bertz CT molecular complexity index is 357. The molecule has 0 amide bonds. The summed E-state index contributed by atoms with van der Waals surface area (Å²) in [5.41, 5.74) is 0. The average molecular weight is 350 g/mol. The second kappa shape index (κ2) is 12.5. The van der Waals surface area contributed by atoms with Gasteiger partial charge in [0.05, 0.1) is 46.2 Å². The van der Waals surface area contributed by atoms with Crippen LogP contribution in [0.25, 0.3) is 0 Å². The Kier molecular flexibility index (Phi) is 11.1. The molecule has 0 saturated carbocycles. The second-order valence-corrected chi connectivity index (χ2v) is 5.05. The van der Waals surface area contributed by atoms with Crippen molar-refractivity contribution < 1.29 is 44.1 Å². The summed E-state index contributed by atoms with van der Waals surface area (Å²) >= 11 is 0. The number of ether oxygens (including phenoxy) is 5. The number of rotatable bonds is 12. The molecule has 0 aromatic carbocycles. The Balaban J connectivity index is 2.03. The van der Waals surface area contributed by atoms with E-state index in [9.17, 15) is 15.3 Å². The molecule has 1 aliphatic heterocycles. The molecule has 140 valence electrons. The Labute approximate surface area is 141 Å². The minimum atomic E-state index is -1.45. The van der Waals surface area contributed by atoms with Gasteiger partial charge in [-0.1, -0.05) is 5.92 Å². The molecular formula is C15H26O9. The predicted octanol–water partition coefficient (Wildman–Crippen LogP) is -2.51. The first-order valence-corrected chi connectivity index (χ1v) is 7.70. The summed E-state index contributed by atoms with van der Waals surface area (Å²) in [5.74, 6) is 2.35. The van der Waals surface area contributed by atoms with Crippen molar-refractivity contribution in [2.24, 2.45) is 0 Å². The van der Waals surface area contributed by atoms with Gasteiger partial charge in [-0.25, -0.2) is 0 Å². The van der Waals surface area contributed by atoms with Crippen molar-refractivity contribution in [3.8, 4) is 12.3 Å². The molecule has 0 spiro atoms. The number of aliphatic hydroxyl groups is 4. The van der Waals surface area contributed by atoms with Gasteiger partial charge in [0.15, 0.2) is 6.29 Å². The molecule has 0 bridgehead atoms. The molecule has 24 heavy (non-hydrogen) atoms. The summed E-state index contributed by atoms with van der Waals surface area (Å²) in [5, 5.41) is 38.0. The molecule has 4 N–H and O–H groups in total. The third-order valence-corrected chi connectivity index (χ3v) is 3.29. The molecule has 9 nitrogen and oxygen atoms in total. The highest BCUT2D eigenvalue weighted by atomic mass is 16.7. The monoisotopic (exact) mass is 350 g/mol. The van der Waals surface area contributed by atoms with E-state index < -0.39 is 37.3 Å². The van der Waals surface area contributed by atoms with Crippen LogP contribution in [0.3, 0.4) is 0 Å². The van der Waals surface area contributed by atoms with Crippen LogP contribution in [0, 0.1) is 12.3 Å². The third kappa shape index (κ3) is 7.40. The highest BCUT2D eigenvalue weighted by Gasteiger charge is 2.43. The second-order valence-electron chi connectivity index (χ2n) is 5.05. The standard InChI is InChI=1S/C15H26O9/c1-2-3-20-4-5-21-6-7-22-8-9-23-15-14(19)13(18)12(17)11(10-16)24-15/h1,11-19H,3-10H2/t11-,12+,13-,14-,15-/m1/s1. The zero-order chi connectivity index (χ0) is 17.8. The molecule has 1 fully saturated rings. The van der Waals surface area contributed by atoms with Crippen LogP contribution in [0.5, 0.6) is 0 Å². The average Bonchev–Trinajstić information content (AvgIpc) is 2.59. The molecule has 0 unspecified atom stereocenters. The summed E-state index contributed by atoms with van der Waals surface area (Å²) in [6, 6.07) is 0. The fourth-order valence-corrected chi connectivity index (χ4v) is 2.00. The molecule has 0 radical (unpaired) electrons. The SMILES string of the molecule is C#CCOCCOCCOCCO[C@@H]1O[C@H](CO)[C@H](O)[C@@H](O)[C@H]1O. The van der Waals surface area contributed by atoms with Gasteiger partial charge in [0, 0.05) is 0 Å². The maximum absolute atomic E-state index is 9.76. The zero-order valence-corrected chi connectivity index (χ0v) is 13.5. The molecule has 1 heterocycles. The molecule has 9 heteroatoms. The van der Waals surface area contributed by atoms with Crippen molar-refractivity contribution in [1.82, 2.24) is 0 Å². The van der Waals surface area contributed by atoms with E-state index in [1.807, 2.05) is 0 Å². The van der Waals surface area contributed by atoms with Crippen molar-refractivity contribution in [1.29, 1.82) is 0 Å². The van der Waals surface area contributed by atoms with Crippen molar-refractivity contribution in [2.75, 3.05) is 52.9 Å². The van der Waals surface area contributed by atoms with Gasteiger partial charge < -0.3 is 44.1 Å². The van der Waals surface area contributed by atoms with Gasteiger partial charge in [-0.2, -0.15) is 0 Å². The van der Waals surface area contributed by atoms with Crippen molar-refractivity contribution >= 4 is 0 Å². The van der Waals surface area contributed by atoms with Gasteiger partial charge in [0.1, 0.15) is 31.0 Å². The first kappa shape index (κ1) is 21.2. The summed E-state index contributed by atoms with van der Waals surface area (Å²) in [4.78, 5) is 0. The van der Waals surface area contributed by atoms with Gasteiger partial charge in [-0.05, 0) is 0 Å². The topological polar surface area (TPSA) is 127 Å². The van der Waals surface area contributed by atoms with Crippen LogP contribution in [0.15, 0.2) is 0 Å². The summed E-state index contributed by atoms with van der Waals surface area (Å²) < 4.78 is 26.0. The van der Waals surface area contributed by atoms with E-state index in [0.717, 1.165) is 0 Å². The van der Waals surface area contributed by atoms with Crippen LogP contribution in [-0.4, -0.2) is 104 Å². The Morgan fingerprint density at radius 3 is 2.00 bits per heavy atom. The molecule has 1 saturated heterocycles. The van der Waals surface area contributed by atoms with Gasteiger partial charge in [0.2, 0.25) is 0 Å². The molecule has 0 aromatic heterocycles. The lowest BCUT2D eigenvalue weighted by atomic mass is 9.99. The maximum Gasteiger partial charge on any atom is 0.186 e. The van der Waals surface area contributed by atoms with Gasteiger partial charge in [-0.15, -0.1) is 6.42 Å². The van der Waals surface area contributed by atoms with Crippen LogP contribution in [0.4, 0.5) is 0 Å². The lowest BCUT2D eigenvalue weighted by Crippen LogP contribution is -2.59. The van der Waals surface area contributed by atoms with Crippen LogP contribution in [0.2, 0.25) is 0 Å². The van der Waals surface area contributed by atoms with Crippen molar-refractivity contribution in [3.05, 3.63) is 0 Å². The number of hydrogen-bond acceptors (Lipinski definition) is 9. The fraction of sp³-hybridized carbons (Fsp3) is 0.867. The fourth-order valence-electron chi connectivity index (χ4n) is 2.00. The first-order valence-electron chi connectivity index (χ1n) is 7.70. The third-order valence-electron chi connectivity index (χ3n) is 3.29. The van der Waals surface area contributed by atoms with Gasteiger partial charge in [0.25, 0.3) is 0 Å². The number of terminal acetylenes is 1. The normalized spacial score (nSPS) is 30.2. The largest absolute Gasteiger partial charge is 0.394 e. The smallest absolute Gasteiger partial charge is 0.186 e. The highest BCUT2D eigenvalue weighted by molar-refractivity contribution is 4.88. The molecule has 0 aliphatic carbocycles. The van der Waals surface area contributed by atoms with Gasteiger partial charge >= 0.3 is 0 Å². The summed E-state index contributed by atoms with van der Waals surface area (Å²) in [6.45, 7) is 1.68. The Morgan fingerprint density at radius 2 is 1.42 bits per heavy atom. The van der Waals surface area contributed by atoms with Crippen LogP contribution >= 0.6 is 0 Å². The minimum Gasteiger partial charge on any atom is -0.394 e. The zero-order valence-electron chi connectivity index (χ0n) is 13.5. The van der Waals surface area contributed by atoms with E-state index in [-0.39, 0.29) is 19.8 Å². The summed E-state index contributed by atoms with van der Waals surface area (Å²) in [7, 11) is 0. The number of hydrogen-bond donors (Lipinski definition) is 4. The molecular weight excluding hydrogens is 324 g/mol. The lowest BCUT2D eigenvalue weighted by molar-refractivity contribution is -0.302. The van der Waals surface area contributed by atoms with E-state index in [2.05, 4.69) is 5.92 Å². The number of aliphatic hydroxyl groups excluding tert-OH is 4. The molecule has 0 aromatic rings. The molecule has 5 atom stereocenters. The van der Waals surface area contributed by atoms with Crippen LogP contribution in [0.1, 0.15) is 0 Å². The lowest BCUT2D eigenvalue weighted by Gasteiger charge is -2.39.